The van der Waals surface area contributed by atoms with Gasteiger partial charge in [0.25, 0.3) is 5.91 Å². The lowest BCUT2D eigenvalue weighted by molar-refractivity contribution is -0.146. The zero-order chi connectivity index (χ0) is 36.9. The molecule has 2 N–H and O–H groups in total. The molecule has 1 spiro atoms. The van der Waals surface area contributed by atoms with Crippen molar-refractivity contribution in [2.75, 3.05) is 42.6 Å². The highest BCUT2D eigenvalue weighted by Gasteiger charge is 2.77. The summed E-state index contributed by atoms with van der Waals surface area (Å²) < 4.78 is 12.2. The van der Waals surface area contributed by atoms with E-state index in [1.54, 1.807) is 24.0 Å². The second kappa shape index (κ2) is 16.6. The molecule has 0 aromatic heterocycles. The first kappa shape index (κ1) is 38.2. The maximum absolute atomic E-state index is 14.9. The van der Waals surface area contributed by atoms with Crippen molar-refractivity contribution < 1.29 is 33.8 Å². The van der Waals surface area contributed by atoms with Gasteiger partial charge >= 0.3 is 5.97 Å². The molecule has 274 valence electrons. The Morgan fingerprint density at radius 3 is 2.37 bits per heavy atom. The lowest BCUT2D eigenvalue weighted by Crippen LogP contribution is -2.59. The van der Waals surface area contributed by atoms with Crippen LogP contribution < -0.4 is 15.1 Å². The largest absolute Gasteiger partial charge is 0.463 e. The topological polar surface area (TPSA) is 129 Å². The van der Waals surface area contributed by atoms with Crippen LogP contribution in [0.3, 0.4) is 0 Å². The van der Waals surface area contributed by atoms with Gasteiger partial charge in [-0.05, 0) is 63.4 Å². The fourth-order valence-electron chi connectivity index (χ4n) is 7.88. The maximum Gasteiger partial charge on any atom is 0.306 e. The van der Waals surface area contributed by atoms with E-state index in [0.29, 0.717) is 18.5 Å². The quantitative estimate of drug-likeness (QED) is 0.137. The second-order valence-electron chi connectivity index (χ2n) is 13.3. The van der Waals surface area contributed by atoms with Gasteiger partial charge in [-0.25, -0.2) is 0 Å². The number of fused-ring (bicyclic) bond motifs is 1. The predicted octanol–water partition coefficient (Wildman–Crippen LogP) is 4.55. The molecule has 3 aliphatic rings. The van der Waals surface area contributed by atoms with E-state index in [2.05, 4.69) is 53.2 Å². The van der Waals surface area contributed by atoms with Crippen LogP contribution in [0.1, 0.15) is 51.6 Å². The number of carbonyl (C=O) groups excluding carboxylic acids is 4. The summed E-state index contributed by atoms with van der Waals surface area (Å²) >= 11 is 3.73. The van der Waals surface area contributed by atoms with Gasteiger partial charge in [-0.3, -0.25) is 19.2 Å². The van der Waals surface area contributed by atoms with Crippen molar-refractivity contribution in [3.05, 3.63) is 85.5 Å². The van der Waals surface area contributed by atoms with Crippen LogP contribution >= 0.6 is 15.9 Å². The first-order valence-corrected chi connectivity index (χ1v) is 18.6. The summed E-state index contributed by atoms with van der Waals surface area (Å²) in [7, 11) is 0. The number of nitrogens with one attached hydrogen (secondary N) is 1. The first-order chi connectivity index (χ1) is 24.6. The third-order valence-electron chi connectivity index (χ3n) is 10.4. The molecule has 5 rings (SSSR count). The lowest BCUT2D eigenvalue weighted by atomic mass is 9.70. The van der Waals surface area contributed by atoms with Crippen molar-refractivity contribution in [1.82, 2.24) is 10.2 Å². The Balaban J connectivity index is 1.48. The fraction of sp³-hybridized carbons (Fsp3) is 0.487. The molecule has 8 atom stereocenters. The number of esters is 1. The molecule has 2 aromatic carbocycles. The van der Waals surface area contributed by atoms with Crippen LogP contribution in [0.25, 0.3) is 0 Å². The molecular formula is C39H49BrN4O7. The Morgan fingerprint density at radius 1 is 1.10 bits per heavy atom. The van der Waals surface area contributed by atoms with E-state index in [1.807, 2.05) is 54.6 Å². The van der Waals surface area contributed by atoms with Crippen molar-refractivity contribution in [1.29, 1.82) is 0 Å². The van der Waals surface area contributed by atoms with E-state index >= 15 is 0 Å². The van der Waals surface area contributed by atoms with Gasteiger partial charge in [0.15, 0.2) is 0 Å². The van der Waals surface area contributed by atoms with E-state index in [-0.39, 0.29) is 36.9 Å². The van der Waals surface area contributed by atoms with E-state index < -0.39 is 59.5 Å². The number of alkyl halides is 1. The van der Waals surface area contributed by atoms with Crippen LogP contribution in [0.5, 0.6) is 0 Å². The molecule has 0 radical (unpaired) electrons. The summed E-state index contributed by atoms with van der Waals surface area (Å²) in [6.45, 7) is 14.7. The predicted molar refractivity (Wildman–Crippen MR) is 199 cm³/mol. The van der Waals surface area contributed by atoms with Gasteiger partial charge in [0, 0.05) is 42.3 Å². The highest BCUT2D eigenvalue weighted by atomic mass is 79.9. The second-order valence-corrected chi connectivity index (χ2v) is 14.5. The molecule has 3 fully saturated rings. The lowest BCUT2D eigenvalue weighted by Gasteiger charge is -2.38. The van der Waals surface area contributed by atoms with Crippen LogP contribution in [0.2, 0.25) is 0 Å². The molecule has 2 bridgehead atoms. The van der Waals surface area contributed by atoms with Crippen molar-refractivity contribution in [2.45, 2.75) is 74.7 Å². The number of aliphatic hydroxyl groups is 1. The summed E-state index contributed by atoms with van der Waals surface area (Å²) in [4.78, 5) is 61.1. The average Bonchev–Trinajstić information content (AvgIpc) is 3.75. The molecular weight excluding hydrogens is 716 g/mol. The number of anilines is 2. The molecule has 3 aliphatic heterocycles. The number of amides is 3. The van der Waals surface area contributed by atoms with E-state index in [1.165, 1.54) is 4.90 Å². The minimum absolute atomic E-state index is 0.107. The molecule has 3 amide bonds. The number of rotatable bonds is 17. The molecule has 3 saturated heterocycles. The Kier molecular flexibility index (Phi) is 12.4. The number of hydrogen-bond acceptors (Lipinski definition) is 8. The van der Waals surface area contributed by atoms with E-state index in [9.17, 15) is 24.3 Å². The van der Waals surface area contributed by atoms with E-state index in [0.717, 1.165) is 24.3 Å². The average molecular weight is 766 g/mol. The van der Waals surface area contributed by atoms with Gasteiger partial charge in [-0.1, -0.05) is 58.4 Å². The van der Waals surface area contributed by atoms with Crippen LogP contribution in [-0.4, -0.2) is 95.2 Å². The summed E-state index contributed by atoms with van der Waals surface area (Å²) in [5.74, 6) is -3.59. The van der Waals surface area contributed by atoms with Crippen molar-refractivity contribution in [3.8, 4) is 0 Å². The molecule has 1 unspecified atom stereocenters. The zero-order valence-corrected chi connectivity index (χ0v) is 31.2. The monoisotopic (exact) mass is 764 g/mol. The highest BCUT2D eigenvalue weighted by Crippen LogP contribution is 2.60. The van der Waals surface area contributed by atoms with Crippen LogP contribution in [-0.2, 0) is 28.7 Å². The summed E-state index contributed by atoms with van der Waals surface area (Å²) in [6.07, 6.45) is 3.51. The molecule has 0 saturated carbocycles. The van der Waals surface area contributed by atoms with Gasteiger partial charge in [-0.15, -0.1) is 13.2 Å². The summed E-state index contributed by atoms with van der Waals surface area (Å²) in [5.41, 5.74) is 1.04. The third kappa shape index (κ3) is 7.36. The van der Waals surface area contributed by atoms with Crippen LogP contribution in [0.15, 0.2) is 79.9 Å². The molecule has 0 aliphatic carbocycles. The number of ether oxygens (including phenoxy) is 2. The highest BCUT2D eigenvalue weighted by molar-refractivity contribution is 9.09. The first-order valence-electron chi connectivity index (χ1n) is 17.7. The minimum Gasteiger partial charge on any atom is -0.463 e. The fourth-order valence-corrected chi connectivity index (χ4v) is 8.83. The number of halogens is 1. The minimum atomic E-state index is -1.33. The van der Waals surface area contributed by atoms with Crippen LogP contribution in [0.4, 0.5) is 11.4 Å². The molecule has 12 heteroatoms. The zero-order valence-electron chi connectivity index (χ0n) is 29.6. The molecule has 51 heavy (non-hydrogen) atoms. The molecule has 3 heterocycles. The van der Waals surface area contributed by atoms with Gasteiger partial charge in [0.05, 0.1) is 36.6 Å². The van der Waals surface area contributed by atoms with Crippen LogP contribution in [0, 0.1) is 11.8 Å². The van der Waals surface area contributed by atoms with Gasteiger partial charge in [0.1, 0.15) is 18.2 Å². The van der Waals surface area contributed by atoms with Gasteiger partial charge < -0.3 is 34.6 Å². The third-order valence-corrected chi connectivity index (χ3v) is 11.2. The van der Waals surface area contributed by atoms with Crippen molar-refractivity contribution in [2.24, 2.45) is 11.8 Å². The maximum atomic E-state index is 14.9. The number of nitrogens with zero attached hydrogens (tertiary/aromatic N) is 3. The number of benzene rings is 2. The number of carbonyl (C=O) groups is 4. The Morgan fingerprint density at radius 2 is 1.76 bits per heavy atom. The SMILES string of the molecule is C=CCCC(=O)OC[C@@H](NC(=O)[C@H]1[C@@H]2O[C@@]3(CC2Br)[C@@H]1C(=O)N([C@H](C)CO)[C@@H]3C(=O)N(CC=C)c1ccc(N(CC)CC)cc1)c1ccccc1. The summed E-state index contributed by atoms with van der Waals surface area (Å²) in [5, 5.41) is 13.4. The number of hydrogen-bond donors (Lipinski definition) is 2. The Hall–Kier alpha value is -4.00. The summed E-state index contributed by atoms with van der Waals surface area (Å²) in [6, 6.07) is 14.3. The van der Waals surface area contributed by atoms with E-state index in [4.69, 9.17) is 9.47 Å². The Bertz CT molecular complexity index is 1590. The van der Waals surface area contributed by atoms with Gasteiger partial charge in [-0.2, -0.15) is 0 Å². The normalized spacial score (nSPS) is 25.9. The standard InChI is InChI=1S/C39H49BrN4O7/c1-6-10-16-31(46)50-24-30(26-14-12-11-13-15-26)41-36(47)32-33-37(48)44(25(5)23-45)35(39(33)22-29(40)34(32)51-39)38(49)43(21-7-2)28-19-17-27(18-20-28)42(8-3)9-4/h6-7,11-15,17-20,25,29-30,32-35,45H,1-2,8-10,16,21-24H2,3-5H3,(H,41,47)/t25-,29?,30-,32-,33+,34-,35-,39+/m1/s1. The van der Waals surface area contributed by atoms with Gasteiger partial charge in [0.2, 0.25) is 11.8 Å². The number of likely N-dealkylation sites (tertiary alicyclic amines) is 1. The molecule has 11 nitrogen and oxygen atoms in total. The number of aliphatic hydroxyl groups excluding tert-OH is 1. The van der Waals surface area contributed by atoms with Crippen molar-refractivity contribution >= 4 is 51.0 Å². The van der Waals surface area contributed by atoms with Crippen molar-refractivity contribution in [3.63, 3.8) is 0 Å². The smallest absolute Gasteiger partial charge is 0.306 e. The molecule has 2 aromatic rings. The number of allylic oxidation sites excluding steroid dienone is 1. The Labute approximate surface area is 308 Å².